The molecule has 2 aromatic rings. The van der Waals surface area contributed by atoms with Crippen LogP contribution >= 0.6 is 0 Å². The van der Waals surface area contributed by atoms with Gasteiger partial charge in [-0.25, -0.2) is 9.59 Å². The summed E-state index contributed by atoms with van der Waals surface area (Å²) < 4.78 is 0. The van der Waals surface area contributed by atoms with Gasteiger partial charge in [-0.2, -0.15) is 5.11 Å². The summed E-state index contributed by atoms with van der Waals surface area (Å²) in [5, 5.41) is 44.3. The molecule has 4 N–H and O–H groups in total. The minimum atomic E-state index is -1.33. The lowest BCUT2D eigenvalue weighted by Gasteiger charge is -2.02. The second-order valence-corrected chi connectivity index (χ2v) is 4.19. The standard InChI is InChI=1S/C14H10N2O6/c17-11-5-4-7(6-9(11)14(21)22)15-16-10-3-1-2-8(12(10)18)13(19)20/h1-6,17-18H,(H,19,20)(H,21,22). The van der Waals surface area contributed by atoms with Gasteiger partial charge in [0, 0.05) is 0 Å². The Morgan fingerprint density at radius 2 is 1.55 bits per heavy atom. The SMILES string of the molecule is O=C(O)c1cc(N=Nc2cccc(C(=O)O)c2O)ccc1O. The molecule has 0 fully saturated rings. The third kappa shape index (κ3) is 3.01. The monoisotopic (exact) mass is 302 g/mol. The summed E-state index contributed by atoms with van der Waals surface area (Å²) in [5.41, 5.74) is -0.631. The normalized spacial score (nSPS) is 10.7. The number of carbonyl (C=O) groups is 2. The number of hydrogen-bond donors (Lipinski definition) is 4. The molecular weight excluding hydrogens is 292 g/mol. The van der Waals surface area contributed by atoms with Crippen molar-refractivity contribution in [3.63, 3.8) is 0 Å². The molecule has 0 atom stereocenters. The van der Waals surface area contributed by atoms with Crippen LogP contribution in [0, 0.1) is 0 Å². The molecule has 0 aliphatic rings. The van der Waals surface area contributed by atoms with Crippen LogP contribution in [0.25, 0.3) is 0 Å². The number of para-hydroxylation sites is 1. The molecule has 0 saturated heterocycles. The van der Waals surface area contributed by atoms with Gasteiger partial charge in [0.1, 0.15) is 22.6 Å². The molecule has 112 valence electrons. The quantitative estimate of drug-likeness (QED) is 0.640. The van der Waals surface area contributed by atoms with Gasteiger partial charge >= 0.3 is 11.9 Å². The highest BCUT2D eigenvalue weighted by atomic mass is 16.4. The van der Waals surface area contributed by atoms with E-state index in [0.717, 1.165) is 12.1 Å². The van der Waals surface area contributed by atoms with Crippen molar-refractivity contribution in [1.29, 1.82) is 0 Å². The third-order valence-corrected chi connectivity index (χ3v) is 2.73. The summed E-state index contributed by atoms with van der Waals surface area (Å²) in [5.74, 6) is -3.60. The van der Waals surface area contributed by atoms with Crippen LogP contribution in [0.1, 0.15) is 20.7 Å². The van der Waals surface area contributed by atoms with Crippen LogP contribution < -0.4 is 0 Å². The first kappa shape index (κ1) is 15.0. The van der Waals surface area contributed by atoms with E-state index in [9.17, 15) is 19.8 Å². The fourth-order valence-electron chi connectivity index (χ4n) is 1.65. The van der Waals surface area contributed by atoms with Gasteiger partial charge in [0.2, 0.25) is 0 Å². The Morgan fingerprint density at radius 3 is 2.18 bits per heavy atom. The van der Waals surface area contributed by atoms with Crippen molar-refractivity contribution in [2.24, 2.45) is 10.2 Å². The van der Waals surface area contributed by atoms with Crippen molar-refractivity contribution >= 4 is 23.3 Å². The molecule has 8 nitrogen and oxygen atoms in total. The highest BCUT2D eigenvalue weighted by Crippen LogP contribution is 2.32. The Balaban J connectivity index is 2.37. The number of azo groups is 1. The maximum absolute atomic E-state index is 10.9. The van der Waals surface area contributed by atoms with E-state index in [1.54, 1.807) is 0 Å². The van der Waals surface area contributed by atoms with E-state index in [1.807, 2.05) is 0 Å². The second kappa shape index (κ2) is 5.92. The summed E-state index contributed by atoms with van der Waals surface area (Å²) in [4.78, 5) is 21.8. The van der Waals surface area contributed by atoms with Crippen molar-refractivity contribution in [2.45, 2.75) is 0 Å². The maximum Gasteiger partial charge on any atom is 0.339 e. The topological polar surface area (TPSA) is 140 Å². The predicted octanol–water partition coefficient (Wildman–Crippen LogP) is 2.91. The Hall–Kier alpha value is -3.42. The van der Waals surface area contributed by atoms with Crippen molar-refractivity contribution in [1.82, 2.24) is 0 Å². The Morgan fingerprint density at radius 1 is 0.864 bits per heavy atom. The van der Waals surface area contributed by atoms with Crippen molar-refractivity contribution in [3.05, 3.63) is 47.5 Å². The van der Waals surface area contributed by atoms with Crippen molar-refractivity contribution < 1.29 is 30.0 Å². The van der Waals surface area contributed by atoms with E-state index in [-0.39, 0.29) is 22.5 Å². The minimum Gasteiger partial charge on any atom is -0.507 e. The van der Waals surface area contributed by atoms with Gasteiger partial charge in [-0.3, -0.25) is 0 Å². The molecule has 0 aliphatic heterocycles. The fraction of sp³-hybridized carbons (Fsp3) is 0. The predicted molar refractivity (Wildman–Crippen MR) is 74.3 cm³/mol. The van der Waals surface area contributed by atoms with Crippen molar-refractivity contribution in [2.75, 3.05) is 0 Å². The number of benzene rings is 2. The van der Waals surface area contributed by atoms with Gasteiger partial charge in [-0.15, -0.1) is 5.11 Å². The number of aromatic hydroxyl groups is 2. The summed E-state index contributed by atoms with van der Waals surface area (Å²) in [6.45, 7) is 0. The summed E-state index contributed by atoms with van der Waals surface area (Å²) in [6, 6.07) is 7.51. The number of nitrogens with zero attached hydrogens (tertiary/aromatic N) is 2. The van der Waals surface area contributed by atoms with Gasteiger partial charge in [0.25, 0.3) is 0 Å². The van der Waals surface area contributed by atoms with Gasteiger partial charge in [-0.05, 0) is 30.3 Å². The zero-order valence-corrected chi connectivity index (χ0v) is 11.0. The minimum absolute atomic E-state index is 0.0788. The Bertz CT molecular complexity index is 785. The fourth-order valence-corrected chi connectivity index (χ4v) is 1.65. The average Bonchev–Trinajstić information content (AvgIpc) is 2.47. The van der Waals surface area contributed by atoms with Gasteiger partial charge < -0.3 is 20.4 Å². The lowest BCUT2D eigenvalue weighted by atomic mass is 10.2. The van der Waals surface area contributed by atoms with E-state index in [1.165, 1.54) is 24.3 Å². The van der Waals surface area contributed by atoms with Gasteiger partial charge in [0.15, 0.2) is 5.75 Å². The zero-order valence-electron chi connectivity index (χ0n) is 11.0. The molecule has 2 rings (SSSR count). The summed E-state index contributed by atoms with van der Waals surface area (Å²) >= 11 is 0. The number of hydrogen-bond acceptors (Lipinski definition) is 6. The van der Waals surface area contributed by atoms with Crippen LogP contribution in [0.3, 0.4) is 0 Å². The number of phenols is 2. The summed E-state index contributed by atoms with van der Waals surface area (Å²) in [7, 11) is 0. The molecule has 2 aromatic carbocycles. The highest BCUT2D eigenvalue weighted by Gasteiger charge is 2.13. The first-order chi connectivity index (χ1) is 10.4. The van der Waals surface area contributed by atoms with E-state index in [0.29, 0.717) is 0 Å². The average molecular weight is 302 g/mol. The van der Waals surface area contributed by atoms with Gasteiger partial charge in [0.05, 0.1) is 5.69 Å². The van der Waals surface area contributed by atoms with E-state index in [4.69, 9.17) is 10.2 Å². The second-order valence-electron chi connectivity index (χ2n) is 4.19. The smallest absolute Gasteiger partial charge is 0.339 e. The Kier molecular flexibility index (Phi) is 4.03. The lowest BCUT2D eigenvalue weighted by Crippen LogP contribution is -1.96. The maximum atomic E-state index is 10.9. The van der Waals surface area contributed by atoms with E-state index < -0.39 is 23.4 Å². The molecule has 0 radical (unpaired) electrons. The molecule has 0 saturated carbocycles. The summed E-state index contributed by atoms with van der Waals surface area (Å²) in [6.07, 6.45) is 0. The van der Waals surface area contributed by atoms with Crippen LogP contribution in [0.2, 0.25) is 0 Å². The molecule has 0 bridgehead atoms. The molecular formula is C14H10N2O6. The molecule has 8 heteroatoms. The first-order valence-electron chi connectivity index (χ1n) is 5.93. The van der Waals surface area contributed by atoms with E-state index >= 15 is 0 Å². The van der Waals surface area contributed by atoms with Crippen LogP contribution in [0.5, 0.6) is 11.5 Å². The van der Waals surface area contributed by atoms with Crippen LogP contribution in [-0.2, 0) is 0 Å². The largest absolute Gasteiger partial charge is 0.507 e. The molecule has 22 heavy (non-hydrogen) atoms. The number of carboxylic acid groups (broad SMARTS) is 2. The number of carboxylic acids is 2. The first-order valence-corrected chi connectivity index (χ1v) is 5.93. The molecule has 0 aromatic heterocycles. The molecule has 0 spiro atoms. The van der Waals surface area contributed by atoms with Crippen LogP contribution in [0.4, 0.5) is 11.4 Å². The molecule has 0 aliphatic carbocycles. The Labute approximate surface area is 123 Å². The van der Waals surface area contributed by atoms with Crippen molar-refractivity contribution in [3.8, 4) is 11.5 Å². The lowest BCUT2D eigenvalue weighted by molar-refractivity contribution is 0.0682. The van der Waals surface area contributed by atoms with Crippen LogP contribution in [-0.4, -0.2) is 32.4 Å². The molecule has 0 heterocycles. The van der Waals surface area contributed by atoms with Crippen LogP contribution in [0.15, 0.2) is 46.6 Å². The van der Waals surface area contributed by atoms with E-state index in [2.05, 4.69) is 10.2 Å². The molecule has 0 amide bonds. The molecule has 0 unspecified atom stereocenters. The third-order valence-electron chi connectivity index (χ3n) is 2.73. The number of rotatable bonds is 4. The zero-order chi connectivity index (χ0) is 16.3. The number of aromatic carboxylic acids is 2. The van der Waals surface area contributed by atoms with Gasteiger partial charge in [-0.1, -0.05) is 6.07 Å². The highest BCUT2D eigenvalue weighted by molar-refractivity contribution is 5.93.